The summed E-state index contributed by atoms with van der Waals surface area (Å²) < 4.78 is 12.3. The van der Waals surface area contributed by atoms with E-state index in [0.29, 0.717) is 0 Å². The van der Waals surface area contributed by atoms with Crippen LogP contribution in [0.4, 0.5) is 10.1 Å². The van der Waals surface area contributed by atoms with E-state index in [1.807, 2.05) is 6.07 Å². The fourth-order valence-corrected chi connectivity index (χ4v) is 0.644. The van der Waals surface area contributed by atoms with Crippen LogP contribution in [-0.2, 0) is 0 Å². The lowest BCUT2D eigenvalue weighted by Gasteiger charge is -1.96. The molecule has 0 aromatic heterocycles. The lowest BCUT2D eigenvalue weighted by atomic mass is 10.3. The van der Waals surface area contributed by atoms with Gasteiger partial charge in [-0.1, -0.05) is 6.07 Å². The third kappa shape index (κ3) is 2.23. The molecule has 1 aromatic carbocycles. The SMILES string of the molecule is CNc1cccc(F)c1.Cl. The summed E-state index contributed by atoms with van der Waals surface area (Å²) in [5, 5.41) is 2.83. The van der Waals surface area contributed by atoms with Crippen molar-refractivity contribution in [1.82, 2.24) is 0 Å². The van der Waals surface area contributed by atoms with Crippen molar-refractivity contribution < 1.29 is 4.39 Å². The van der Waals surface area contributed by atoms with E-state index in [-0.39, 0.29) is 18.2 Å². The van der Waals surface area contributed by atoms with E-state index >= 15 is 0 Å². The van der Waals surface area contributed by atoms with Gasteiger partial charge < -0.3 is 5.32 Å². The molecular formula is C7H9ClFN. The lowest BCUT2D eigenvalue weighted by Crippen LogP contribution is -1.86. The largest absolute Gasteiger partial charge is 0.388 e. The summed E-state index contributed by atoms with van der Waals surface area (Å²) in [7, 11) is 1.76. The quantitative estimate of drug-likeness (QED) is 0.667. The molecule has 0 aliphatic heterocycles. The van der Waals surface area contributed by atoms with Gasteiger partial charge in [-0.25, -0.2) is 4.39 Å². The molecule has 0 aliphatic rings. The molecule has 1 rings (SSSR count). The van der Waals surface area contributed by atoms with Crippen molar-refractivity contribution in [3.63, 3.8) is 0 Å². The minimum absolute atomic E-state index is 0. The van der Waals surface area contributed by atoms with Crippen LogP contribution in [0.3, 0.4) is 0 Å². The Morgan fingerprint density at radius 2 is 2.10 bits per heavy atom. The van der Waals surface area contributed by atoms with Crippen LogP contribution >= 0.6 is 12.4 Å². The number of rotatable bonds is 1. The number of hydrogen-bond donors (Lipinski definition) is 1. The topological polar surface area (TPSA) is 12.0 Å². The first-order valence-corrected chi connectivity index (χ1v) is 2.76. The monoisotopic (exact) mass is 161 g/mol. The second-order valence-electron chi connectivity index (χ2n) is 1.76. The van der Waals surface area contributed by atoms with Gasteiger partial charge in [-0.05, 0) is 18.2 Å². The van der Waals surface area contributed by atoms with Crippen LogP contribution in [0.25, 0.3) is 0 Å². The van der Waals surface area contributed by atoms with Crippen molar-refractivity contribution >= 4 is 18.1 Å². The van der Waals surface area contributed by atoms with Crippen LogP contribution < -0.4 is 5.32 Å². The van der Waals surface area contributed by atoms with Gasteiger partial charge in [-0.15, -0.1) is 12.4 Å². The van der Waals surface area contributed by atoms with Gasteiger partial charge in [0, 0.05) is 12.7 Å². The summed E-state index contributed by atoms with van der Waals surface area (Å²) in [4.78, 5) is 0. The minimum atomic E-state index is -0.207. The first-order valence-electron chi connectivity index (χ1n) is 2.76. The van der Waals surface area contributed by atoms with Crippen molar-refractivity contribution in [2.24, 2.45) is 0 Å². The zero-order valence-electron chi connectivity index (χ0n) is 5.60. The Kier molecular flexibility index (Phi) is 3.81. The van der Waals surface area contributed by atoms with E-state index in [1.54, 1.807) is 13.1 Å². The highest BCUT2D eigenvalue weighted by Gasteiger charge is 1.88. The number of nitrogens with one attached hydrogen (secondary N) is 1. The van der Waals surface area contributed by atoms with Crippen LogP contribution in [0.2, 0.25) is 0 Å². The van der Waals surface area contributed by atoms with Crippen LogP contribution in [0.1, 0.15) is 0 Å². The van der Waals surface area contributed by atoms with Crippen LogP contribution in [0.5, 0.6) is 0 Å². The van der Waals surface area contributed by atoms with E-state index in [9.17, 15) is 4.39 Å². The maximum absolute atomic E-state index is 12.3. The molecule has 1 aromatic rings. The fraction of sp³-hybridized carbons (Fsp3) is 0.143. The molecule has 0 fully saturated rings. The number of halogens is 2. The van der Waals surface area contributed by atoms with Gasteiger partial charge >= 0.3 is 0 Å². The van der Waals surface area contributed by atoms with Gasteiger partial charge in [-0.3, -0.25) is 0 Å². The summed E-state index contributed by atoms with van der Waals surface area (Å²) >= 11 is 0. The predicted octanol–water partition coefficient (Wildman–Crippen LogP) is 2.29. The maximum atomic E-state index is 12.3. The Bertz CT molecular complexity index is 203. The smallest absolute Gasteiger partial charge is 0.125 e. The Hall–Kier alpha value is -0.760. The lowest BCUT2D eigenvalue weighted by molar-refractivity contribution is 0.628. The van der Waals surface area contributed by atoms with Crippen molar-refractivity contribution in [3.8, 4) is 0 Å². The Balaban J connectivity index is 0.000000810. The molecule has 3 heteroatoms. The molecule has 0 heterocycles. The summed E-state index contributed by atoms with van der Waals surface area (Å²) in [5.74, 6) is -0.207. The van der Waals surface area contributed by atoms with Crippen molar-refractivity contribution in [1.29, 1.82) is 0 Å². The molecule has 1 N–H and O–H groups in total. The minimum Gasteiger partial charge on any atom is -0.388 e. The van der Waals surface area contributed by atoms with Gasteiger partial charge in [0.25, 0.3) is 0 Å². The molecule has 0 unspecified atom stereocenters. The highest BCUT2D eigenvalue weighted by atomic mass is 35.5. The van der Waals surface area contributed by atoms with E-state index in [1.165, 1.54) is 12.1 Å². The zero-order valence-corrected chi connectivity index (χ0v) is 6.41. The van der Waals surface area contributed by atoms with Gasteiger partial charge in [0.2, 0.25) is 0 Å². The molecule has 0 spiro atoms. The normalized spacial score (nSPS) is 8.20. The average molecular weight is 162 g/mol. The molecule has 0 saturated carbocycles. The highest BCUT2D eigenvalue weighted by Crippen LogP contribution is 2.06. The Labute approximate surface area is 65.7 Å². The van der Waals surface area contributed by atoms with Gasteiger partial charge in [0.05, 0.1) is 0 Å². The van der Waals surface area contributed by atoms with E-state index < -0.39 is 0 Å². The van der Waals surface area contributed by atoms with Crippen LogP contribution in [0, 0.1) is 5.82 Å². The number of anilines is 1. The van der Waals surface area contributed by atoms with Gasteiger partial charge in [0.15, 0.2) is 0 Å². The van der Waals surface area contributed by atoms with E-state index in [4.69, 9.17) is 0 Å². The molecule has 10 heavy (non-hydrogen) atoms. The van der Waals surface area contributed by atoms with Gasteiger partial charge in [0.1, 0.15) is 5.82 Å². The third-order valence-corrected chi connectivity index (χ3v) is 1.11. The van der Waals surface area contributed by atoms with E-state index in [2.05, 4.69) is 5.32 Å². The average Bonchev–Trinajstić information content (AvgIpc) is 1.88. The van der Waals surface area contributed by atoms with Crippen molar-refractivity contribution in [2.45, 2.75) is 0 Å². The van der Waals surface area contributed by atoms with E-state index in [0.717, 1.165) is 5.69 Å². The molecule has 1 nitrogen and oxygen atoms in total. The molecule has 0 bridgehead atoms. The van der Waals surface area contributed by atoms with Crippen LogP contribution in [-0.4, -0.2) is 7.05 Å². The fourth-order valence-electron chi connectivity index (χ4n) is 0.644. The van der Waals surface area contributed by atoms with Crippen molar-refractivity contribution in [2.75, 3.05) is 12.4 Å². The second kappa shape index (κ2) is 4.12. The molecule has 0 amide bonds. The standard InChI is InChI=1S/C7H8FN.ClH/c1-9-7-4-2-3-6(8)5-7;/h2-5,9H,1H3;1H. The predicted molar refractivity (Wildman–Crippen MR) is 43.2 cm³/mol. The molecule has 56 valence electrons. The summed E-state index contributed by atoms with van der Waals surface area (Å²) in [5.41, 5.74) is 0.801. The zero-order chi connectivity index (χ0) is 6.69. The molecular weight excluding hydrogens is 153 g/mol. The summed E-state index contributed by atoms with van der Waals surface area (Å²) in [6, 6.07) is 6.34. The molecule has 0 atom stereocenters. The third-order valence-electron chi connectivity index (χ3n) is 1.11. The summed E-state index contributed by atoms with van der Waals surface area (Å²) in [6.45, 7) is 0. The highest BCUT2D eigenvalue weighted by molar-refractivity contribution is 5.85. The van der Waals surface area contributed by atoms with Gasteiger partial charge in [-0.2, -0.15) is 0 Å². The second-order valence-corrected chi connectivity index (χ2v) is 1.76. The Morgan fingerprint density at radius 1 is 1.40 bits per heavy atom. The molecule has 0 saturated heterocycles. The number of benzene rings is 1. The number of hydrogen-bond acceptors (Lipinski definition) is 1. The molecule has 0 aliphatic carbocycles. The summed E-state index contributed by atoms with van der Waals surface area (Å²) in [6.07, 6.45) is 0. The molecule has 0 radical (unpaired) electrons. The first kappa shape index (κ1) is 9.24. The maximum Gasteiger partial charge on any atom is 0.125 e. The van der Waals surface area contributed by atoms with Crippen molar-refractivity contribution in [3.05, 3.63) is 30.1 Å². The Morgan fingerprint density at radius 3 is 2.50 bits per heavy atom. The van der Waals surface area contributed by atoms with Crippen LogP contribution in [0.15, 0.2) is 24.3 Å². The first-order chi connectivity index (χ1) is 4.33.